The van der Waals surface area contributed by atoms with Gasteiger partial charge in [0.1, 0.15) is 0 Å². The second-order valence-electron chi connectivity index (χ2n) is 4.23. The van der Waals surface area contributed by atoms with Gasteiger partial charge < -0.3 is 10.5 Å². The van der Waals surface area contributed by atoms with Crippen LogP contribution in [0.4, 0.5) is 0 Å². The fourth-order valence-corrected chi connectivity index (χ4v) is 1.70. The van der Waals surface area contributed by atoms with Crippen molar-refractivity contribution in [1.82, 2.24) is 14.8 Å². The summed E-state index contributed by atoms with van der Waals surface area (Å²) in [7, 11) is 0. The monoisotopic (exact) mass is 246 g/mol. The number of ether oxygens (including phenoxy) is 1. The first kappa shape index (κ1) is 12.6. The third kappa shape index (κ3) is 2.87. The molecule has 0 fully saturated rings. The highest BCUT2D eigenvalue weighted by Crippen LogP contribution is 2.25. The molecule has 0 spiro atoms. The first-order chi connectivity index (χ1) is 8.70. The summed E-state index contributed by atoms with van der Waals surface area (Å²) in [5.41, 5.74) is 6.77. The normalized spacial score (nSPS) is 12.4. The summed E-state index contributed by atoms with van der Waals surface area (Å²) in [5.74, 6) is 1.23. The van der Waals surface area contributed by atoms with Gasteiger partial charge in [0.25, 0.3) is 0 Å². The minimum atomic E-state index is -0.112. The van der Waals surface area contributed by atoms with E-state index in [0.717, 1.165) is 18.5 Å². The van der Waals surface area contributed by atoms with Gasteiger partial charge in [0.2, 0.25) is 5.88 Å². The van der Waals surface area contributed by atoms with Gasteiger partial charge in [0, 0.05) is 24.3 Å². The van der Waals surface area contributed by atoms with Crippen molar-refractivity contribution in [2.24, 2.45) is 5.73 Å². The summed E-state index contributed by atoms with van der Waals surface area (Å²) in [6.45, 7) is 4.89. The lowest BCUT2D eigenvalue weighted by Crippen LogP contribution is -2.07. The molecule has 2 rings (SSSR count). The average molecular weight is 246 g/mol. The van der Waals surface area contributed by atoms with Crippen LogP contribution in [0.15, 0.2) is 30.7 Å². The standard InChI is InChI=1S/C13H18N4O/c1-3-7-17-9-11(8-16-17)18-13-12(10(2)14)5-4-6-15-13/h4-6,8-10H,3,7,14H2,1-2H3. The Morgan fingerprint density at radius 3 is 3.06 bits per heavy atom. The molecule has 0 aliphatic rings. The molecule has 1 atom stereocenters. The van der Waals surface area contributed by atoms with Crippen LogP contribution in [0.3, 0.4) is 0 Å². The average Bonchev–Trinajstić information content (AvgIpc) is 2.77. The third-order valence-electron chi connectivity index (χ3n) is 2.57. The molecule has 18 heavy (non-hydrogen) atoms. The van der Waals surface area contributed by atoms with Gasteiger partial charge in [-0.3, -0.25) is 4.68 Å². The van der Waals surface area contributed by atoms with E-state index in [2.05, 4.69) is 17.0 Å². The second-order valence-corrected chi connectivity index (χ2v) is 4.23. The zero-order chi connectivity index (χ0) is 13.0. The van der Waals surface area contributed by atoms with E-state index in [9.17, 15) is 0 Å². The van der Waals surface area contributed by atoms with E-state index in [1.807, 2.05) is 29.9 Å². The van der Waals surface area contributed by atoms with E-state index in [1.54, 1.807) is 12.4 Å². The number of nitrogens with zero attached hydrogens (tertiary/aromatic N) is 3. The van der Waals surface area contributed by atoms with Crippen LogP contribution in [0.2, 0.25) is 0 Å². The summed E-state index contributed by atoms with van der Waals surface area (Å²) in [4.78, 5) is 4.21. The molecule has 0 aliphatic carbocycles. The van der Waals surface area contributed by atoms with Crippen molar-refractivity contribution < 1.29 is 4.74 Å². The van der Waals surface area contributed by atoms with Crippen molar-refractivity contribution in [3.63, 3.8) is 0 Å². The Hall–Kier alpha value is -1.88. The summed E-state index contributed by atoms with van der Waals surface area (Å²) < 4.78 is 7.57. The van der Waals surface area contributed by atoms with Gasteiger partial charge in [-0.2, -0.15) is 5.10 Å². The van der Waals surface area contributed by atoms with Gasteiger partial charge in [-0.05, 0) is 19.4 Å². The number of aryl methyl sites for hydroxylation is 1. The van der Waals surface area contributed by atoms with Crippen LogP contribution in [0, 0.1) is 0 Å². The SMILES string of the molecule is CCCn1cc(Oc2ncccc2C(C)N)cn1. The molecule has 2 aromatic rings. The molecule has 0 saturated heterocycles. The number of hydrogen-bond donors (Lipinski definition) is 1. The maximum absolute atomic E-state index is 5.88. The lowest BCUT2D eigenvalue weighted by atomic mass is 10.1. The molecule has 2 heterocycles. The Labute approximate surface area is 107 Å². The van der Waals surface area contributed by atoms with Crippen LogP contribution in [0.5, 0.6) is 11.6 Å². The lowest BCUT2D eigenvalue weighted by molar-refractivity contribution is 0.450. The van der Waals surface area contributed by atoms with E-state index in [-0.39, 0.29) is 6.04 Å². The van der Waals surface area contributed by atoms with Crippen molar-refractivity contribution in [3.8, 4) is 11.6 Å². The van der Waals surface area contributed by atoms with Crippen LogP contribution >= 0.6 is 0 Å². The molecule has 1 unspecified atom stereocenters. The quantitative estimate of drug-likeness (QED) is 0.880. The van der Waals surface area contributed by atoms with Gasteiger partial charge in [-0.1, -0.05) is 13.0 Å². The van der Waals surface area contributed by atoms with Crippen molar-refractivity contribution in [1.29, 1.82) is 0 Å². The van der Waals surface area contributed by atoms with Gasteiger partial charge in [-0.25, -0.2) is 4.98 Å². The Morgan fingerprint density at radius 1 is 1.50 bits per heavy atom. The van der Waals surface area contributed by atoms with Gasteiger partial charge in [0.15, 0.2) is 5.75 Å². The largest absolute Gasteiger partial charge is 0.435 e. The number of nitrogens with two attached hydrogens (primary N) is 1. The molecular weight excluding hydrogens is 228 g/mol. The highest BCUT2D eigenvalue weighted by Gasteiger charge is 2.10. The van der Waals surface area contributed by atoms with Crippen molar-refractivity contribution >= 4 is 0 Å². The molecule has 0 aromatic carbocycles. The van der Waals surface area contributed by atoms with Gasteiger partial charge >= 0.3 is 0 Å². The fraction of sp³-hybridized carbons (Fsp3) is 0.385. The first-order valence-corrected chi connectivity index (χ1v) is 6.11. The third-order valence-corrected chi connectivity index (χ3v) is 2.57. The van der Waals surface area contributed by atoms with E-state index in [0.29, 0.717) is 11.6 Å². The number of rotatable bonds is 5. The van der Waals surface area contributed by atoms with Crippen LogP contribution in [-0.2, 0) is 6.54 Å². The fourth-order valence-electron chi connectivity index (χ4n) is 1.70. The molecule has 0 bridgehead atoms. The van der Waals surface area contributed by atoms with Crippen LogP contribution < -0.4 is 10.5 Å². The Balaban J connectivity index is 2.17. The molecule has 0 amide bonds. The molecule has 5 nitrogen and oxygen atoms in total. The van der Waals surface area contributed by atoms with Crippen LogP contribution in [0.1, 0.15) is 31.9 Å². The highest BCUT2D eigenvalue weighted by molar-refractivity contribution is 5.32. The second kappa shape index (κ2) is 5.64. The van der Waals surface area contributed by atoms with Gasteiger partial charge in [0.05, 0.1) is 12.4 Å². The maximum atomic E-state index is 5.88. The smallest absolute Gasteiger partial charge is 0.224 e. The molecule has 0 saturated carbocycles. The molecule has 2 aromatic heterocycles. The summed E-state index contributed by atoms with van der Waals surface area (Å²) in [6, 6.07) is 3.66. The predicted octanol–water partition coefficient (Wildman–Crippen LogP) is 2.50. The zero-order valence-electron chi connectivity index (χ0n) is 10.7. The molecular formula is C13H18N4O. The lowest BCUT2D eigenvalue weighted by Gasteiger charge is -2.10. The molecule has 0 radical (unpaired) electrons. The van der Waals surface area contributed by atoms with Crippen molar-refractivity contribution in [3.05, 3.63) is 36.3 Å². The summed E-state index contributed by atoms with van der Waals surface area (Å²) >= 11 is 0. The Bertz CT molecular complexity index is 507. The van der Waals surface area contributed by atoms with E-state index < -0.39 is 0 Å². The highest BCUT2D eigenvalue weighted by atomic mass is 16.5. The summed E-state index contributed by atoms with van der Waals surface area (Å²) in [6.07, 6.45) is 6.28. The molecule has 0 aliphatic heterocycles. The maximum Gasteiger partial charge on any atom is 0.224 e. The van der Waals surface area contributed by atoms with E-state index in [1.165, 1.54) is 0 Å². The number of aromatic nitrogens is 3. The predicted molar refractivity (Wildman–Crippen MR) is 69.4 cm³/mol. The Morgan fingerprint density at radius 2 is 2.33 bits per heavy atom. The topological polar surface area (TPSA) is 66.0 Å². The number of pyridine rings is 1. The zero-order valence-corrected chi connectivity index (χ0v) is 10.7. The Kier molecular flexibility index (Phi) is 3.94. The van der Waals surface area contributed by atoms with E-state index in [4.69, 9.17) is 10.5 Å². The van der Waals surface area contributed by atoms with Crippen LogP contribution in [0.25, 0.3) is 0 Å². The first-order valence-electron chi connectivity index (χ1n) is 6.11. The van der Waals surface area contributed by atoms with Crippen molar-refractivity contribution in [2.75, 3.05) is 0 Å². The molecule has 5 heteroatoms. The van der Waals surface area contributed by atoms with Gasteiger partial charge in [-0.15, -0.1) is 0 Å². The van der Waals surface area contributed by atoms with Crippen molar-refractivity contribution in [2.45, 2.75) is 32.9 Å². The van der Waals surface area contributed by atoms with Crippen LogP contribution in [-0.4, -0.2) is 14.8 Å². The van der Waals surface area contributed by atoms with E-state index >= 15 is 0 Å². The molecule has 2 N–H and O–H groups in total. The summed E-state index contributed by atoms with van der Waals surface area (Å²) in [5, 5.41) is 4.21. The number of hydrogen-bond acceptors (Lipinski definition) is 4. The minimum absolute atomic E-state index is 0.112. The minimum Gasteiger partial charge on any atom is -0.435 e. The molecule has 96 valence electrons.